The van der Waals surface area contributed by atoms with Gasteiger partial charge in [0.1, 0.15) is 11.9 Å². The van der Waals surface area contributed by atoms with Gasteiger partial charge < -0.3 is 15.8 Å². The highest BCUT2D eigenvalue weighted by molar-refractivity contribution is 5.93. The summed E-state index contributed by atoms with van der Waals surface area (Å²) in [5.74, 6) is 5.99. The van der Waals surface area contributed by atoms with Crippen LogP contribution in [0.3, 0.4) is 0 Å². The zero-order valence-electron chi connectivity index (χ0n) is 10.8. The average Bonchev–Trinajstić information content (AvgIpc) is 2.83. The van der Waals surface area contributed by atoms with E-state index in [4.69, 9.17) is 10.5 Å². The molecule has 1 aliphatic heterocycles. The summed E-state index contributed by atoms with van der Waals surface area (Å²) in [4.78, 5) is 16.0. The minimum Gasteiger partial charge on any atom is -0.365 e. The Hall–Kier alpha value is -1.90. The molecule has 1 saturated heterocycles. The van der Waals surface area contributed by atoms with Gasteiger partial charge in [-0.25, -0.2) is 4.98 Å². The average molecular weight is 259 g/mol. The lowest BCUT2D eigenvalue weighted by Gasteiger charge is -2.11. The van der Waals surface area contributed by atoms with Crippen molar-refractivity contribution in [2.75, 3.05) is 11.9 Å². The fraction of sp³-hybridized carbons (Fsp3) is 0.429. The van der Waals surface area contributed by atoms with Crippen molar-refractivity contribution in [3.63, 3.8) is 0 Å². The van der Waals surface area contributed by atoms with Crippen molar-refractivity contribution in [1.29, 1.82) is 0 Å². The predicted molar refractivity (Wildman–Crippen MR) is 72.4 cm³/mol. The van der Waals surface area contributed by atoms with Crippen molar-refractivity contribution in [2.24, 2.45) is 5.73 Å². The third kappa shape index (κ3) is 3.78. The summed E-state index contributed by atoms with van der Waals surface area (Å²) in [6, 6.07) is 3.49. The normalized spacial score (nSPS) is 21.6. The molecule has 0 bridgehead atoms. The third-order valence-electron chi connectivity index (χ3n) is 2.87. The van der Waals surface area contributed by atoms with E-state index < -0.39 is 0 Å². The Morgan fingerprint density at radius 3 is 3.16 bits per heavy atom. The number of pyridine rings is 1. The Bertz CT molecular complexity index is 519. The van der Waals surface area contributed by atoms with Crippen molar-refractivity contribution in [3.8, 4) is 11.8 Å². The van der Waals surface area contributed by atoms with Crippen molar-refractivity contribution in [2.45, 2.75) is 32.0 Å². The number of carbonyl (C=O) groups is 1. The summed E-state index contributed by atoms with van der Waals surface area (Å²) in [6.07, 6.45) is 3.03. The maximum absolute atomic E-state index is 12.0. The molecule has 1 amide bonds. The topological polar surface area (TPSA) is 77.2 Å². The first kappa shape index (κ1) is 13.5. The van der Waals surface area contributed by atoms with Gasteiger partial charge in [-0.2, -0.15) is 0 Å². The fourth-order valence-electron chi connectivity index (χ4n) is 1.93. The first-order valence-electron chi connectivity index (χ1n) is 6.30. The second-order valence-electron chi connectivity index (χ2n) is 4.44. The van der Waals surface area contributed by atoms with Crippen LogP contribution in [0.25, 0.3) is 0 Å². The second kappa shape index (κ2) is 6.32. The number of ether oxygens (including phenoxy) is 1. The number of rotatable bonds is 2. The molecule has 0 aromatic carbocycles. The molecule has 0 spiro atoms. The molecular weight excluding hydrogens is 242 g/mol. The number of carbonyl (C=O) groups excluding carboxylic acids is 1. The van der Waals surface area contributed by atoms with E-state index in [0.717, 1.165) is 18.4 Å². The molecule has 19 heavy (non-hydrogen) atoms. The summed E-state index contributed by atoms with van der Waals surface area (Å²) in [6.45, 7) is 2.27. The van der Waals surface area contributed by atoms with E-state index >= 15 is 0 Å². The maximum atomic E-state index is 12.0. The third-order valence-corrected chi connectivity index (χ3v) is 2.87. The van der Waals surface area contributed by atoms with Crippen molar-refractivity contribution in [3.05, 3.63) is 23.9 Å². The van der Waals surface area contributed by atoms with Gasteiger partial charge in [-0.3, -0.25) is 4.79 Å². The summed E-state index contributed by atoms with van der Waals surface area (Å²) in [5, 5.41) is 2.75. The maximum Gasteiger partial charge on any atom is 0.254 e. The lowest BCUT2D eigenvalue weighted by Crippen LogP contribution is -2.28. The van der Waals surface area contributed by atoms with Crippen LogP contribution in [0.2, 0.25) is 0 Å². The number of hydrogen-bond donors (Lipinski definition) is 2. The molecule has 1 aromatic heterocycles. The molecular formula is C14H17N3O2. The highest BCUT2D eigenvalue weighted by Gasteiger charge is 2.28. The Kier molecular flexibility index (Phi) is 4.50. The minimum absolute atomic E-state index is 0.144. The number of amides is 1. The van der Waals surface area contributed by atoms with Gasteiger partial charge in [0.25, 0.3) is 5.91 Å². The Labute approximate surface area is 112 Å². The van der Waals surface area contributed by atoms with Crippen LogP contribution in [-0.2, 0) is 9.53 Å². The standard InChI is InChI=1S/C14H17N3O2/c1-10-4-5-12(19-10)14(18)17-13-9-11(3-2-7-15)6-8-16-13/h6,8-10,12H,4-5,7,15H2,1H3,(H,16,17,18). The van der Waals surface area contributed by atoms with Gasteiger partial charge in [0, 0.05) is 11.8 Å². The first-order valence-corrected chi connectivity index (χ1v) is 6.30. The number of aromatic nitrogens is 1. The van der Waals surface area contributed by atoms with Gasteiger partial charge in [0.2, 0.25) is 0 Å². The number of nitrogens with one attached hydrogen (secondary N) is 1. The van der Waals surface area contributed by atoms with Gasteiger partial charge in [0.05, 0.1) is 12.6 Å². The van der Waals surface area contributed by atoms with E-state index in [-0.39, 0.29) is 18.1 Å². The molecule has 1 aliphatic rings. The quantitative estimate of drug-likeness (QED) is 0.773. The summed E-state index contributed by atoms with van der Waals surface area (Å²) >= 11 is 0. The molecule has 5 heteroatoms. The van der Waals surface area contributed by atoms with E-state index in [2.05, 4.69) is 22.1 Å². The molecule has 2 rings (SSSR count). The Morgan fingerprint density at radius 1 is 1.63 bits per heavy atom. The molecule has 0 aliphatic carbocycles. The van der Waals surface area contributed by atoms with Gasteiger partial charge in [0.15, 0.2) is 0 Å². The molecule has 0 saturated carbocycles. The zero-order chi connectivity index (χ0) is 13.7. The van der Waals surface area contributed by atoms with Crippen LogP contribution in [0, 0.1) is 11.8 Å². The smallest absolute Gasteiger partial charge is 0.254 e. The van der Waals surface area contributed by atoms with Gasteiger partial charge in [-0.1, -0.05) is 11.8 Å². The van der Waals surface area contributed by atoms with Crippen molar-refractivity contribution < 1.29 is 9.53 Å². The van der Waals surface area contributed by atoms with Crippen LogP contribution in [0.1, 0.15) is 25.3 Å². The van der Waals surface area contributed by atoms with Crippen LogP contribution in [0.4, 0.5) is 5.82 Å². The molecule has 1 fully saturated rings. The highest BCUT2D eigenvalue weighted by Crippen LogP contribution is 2.20. The van der Waals surface area contributed by atoms with E-state index in [9.17, 15) is 4.79 Å². The number of anilines is 1. The largest absolute Gasteiger partial charge is 0.365 e. The van der Waals surface area contributed by atoms with E-state index in [1.807, 2.05) is 6.92 Å². The summed E-state index contributed by atoms with van der Waals surface area (Å²) < 4.78 is 5.51. The van der Waals surface area contributed by atoms with Crippen LogP contribution >= 0.6 is 0 Å². The molecule has 0 radical (unpaired) electrons. The minimum atomic E-state index is -0.379. The fourth-order valence-corrected chi connectivity index (χ4v) is 1.93. The lowest BCUT2D eigenvalue weighted by molar-refractivity contribution is -0.126. The predicted octanol–water partition coefficient (Wildman–Crippen LogP) is 0.898. The molecule has 2 atom stereocenters. The Morgan fingerprint density at radius 2 is 2.47 bits per heavy atom. The van der Waals surface area contributed by atoms with E-state index in [1.165, 1.54) is 0 Å². The monoisotopic (exact) mass is 259 g/mol. The number of nitrogens with zero attached hydrogens (tertiary/aromatic N) is 1. The highest BCUT2D eigenvalue weighted by atomic mass is 16.5. The molecule has 3 N–H and O–H groups in total. The molecule has 2 unspecified atom stereocenters. The number of hydrogen-bond acceptors (Lipinski definition) is 4. The van der Waals surface area contributed by atoms with Crippen molar-refractivity contribution in [1.82, 2.24) is 4.98 Å². The van der Waals surface area contributed by atoms with Gasteiger partial charge in [-0.05, 0) is 31.9 Å². The van der Waals surface area contributed by atoms with Gasteiger partial charge >= 0.3 is 0 Å². The summed E-state index contributed by atoms with van der Waals surface area (Å²) in [7, 11) is 0. The second-order valence-corrected chi connectivity index (χ2v) is 4.44. The summed E-state index contributed by atoms with van der Waals surface area (Å²) in [5.41, 5.74) is 6.09. The molecule has 100 valence electrons. The van der Waals surface area contributed by atoms with Crippen LogP contribution in [-0.4, -0.2) is 29.6 Å². The van der Waals surface area contributed by atoms with E-state index in [0.29, 0.717) is 12.4 Å². The SMILES string of the molecule is CC1CCC(C(=O)Nc2cc(C#CCN)ccn2)O1. The van der Waals surface area contributed by atoms with Crippen LogP contribution in [0.15, 0.2) is 18.3 Å². The molecule has 5 nitrogen and oxygen atoms in total. The van der Waals surface area contributed by atoms with Crippen LogP contribution in [0.5, 0.6) is 0 Å². The van der Waals surface area contributed by atoms with Crippen molar-refractivity contribution >= 4 is 11.7 Å². The van der Waals surface area contributed by atoms with Crippen LogP contribution < -0.4 is 11.1 Å². The van der Waals surface area contributed by atoms with Gasteiger partial charge in [-0.15, -0.1) is 0 Å². The first-order chi connectivity index (χ1) is 9.19. The van der Waals surface area contributed by atoms with E-state index in [1.54, 1.807) is 18.3 Å². The zero-order valence-corrected chi connectivity index (χ0v) is 10.8. The molecule has 1 aromatic rings. The Balaban J connectivity index is 2.00. The lowest BCUT2D eigenvalue weighted by atomic mass is 10.2. The molecule has 2 heterocycles. The number of nitrogens with two attached hydrogens (primary N) is 1.